The summed E-state index contributed by atoms with van der Waals surface area (Å²) in [5.74, 6) is 0.0612. The number of benzene rings is 1. The Labute approximate surface area is 164 Å². The average Bonchev–Trinajstić information content (AvgIpc) is 3.32. The summed E-state index contributed by atoms with van der Waals surface area (Å²) in [5, 5.41) is 1.00. The summed E-state index contributed by atoms with van der Waals surface area (Å²) < 4.78 is 2.24. The van der Waals surface area contributed by atoms with Gasteiger partial charge in [0.15, 0.2) is 0 Å². The molecule has 0 bridgehead atoms. The summed E-state index contributed by atoms with van der Waals surface area (Å²) in [6.07, 6.45) is 7.19. The Balaban J connectivity index is 1.44. The maximum Gasteiger partial charge on any atom is 0.256 e. The topological polar surface area (TPSA) is 54.3 Å². The molecule has 1 aromatic carbocycles. The molecular formula is C22H25N5O. The van der Waals surface area contributed by atoms with Crippen molar-refractivity contribution in [1.29, 1.82) is 0 Å². The Bertz CT molecular complexity index is 1000. The highest BCUT2D eigenvalue weighted by atomic mass is 16.2. The normalized spacial score (nSPS) is 17.6. The fourth-order valence-electron chi connectivity index (χ4n) is 4.42. The van der Waals surface area contributed by atoms with E-state index in [0.717, 1.165) is 55.7 Å². The molecular weight excluding hydrogens is 350 g/mol. The van der Waals surface area contributed by atoms with E-state index in [4.69, 9.17) is 4.98 Å². The van der Waals surface area contributed by atoms with Gasteiger partial charge in [0.05, 0.1) is 35.3 Å². The third-order valence-corrected chi connectivity index (χ3v) is 5.92. The van der Waals surface area contributed by atoms with Crippen LogP contribution in [-0.4, -0.2) is 49.9 Å². The standard InChI is InChI=1S/C22H25N5O/c28-22(18-8-3-6-17-7-4-9-23-21(17)18)26-12-5-13-27-16-24-19(20(27)15-26)14-25-10-1-2-11-25/h3-4,6-9,16H,1-2,5,10-15H2. The SMILES string of the molecule is O=C(c1cccc2cccnc12)N1CCCn2cnc(CN3CCCC3)c2C1. The molecule has 28 heavy (non-hydrogen) atoms. The molecule has 0 unspecified atom stereocenters. The number of imidazole rings is 1. The summed E-state index contributed by atoms with van der Waals surface area (Å²) in [7, 11) is 0. The van der Waals surface area contributed by atoms with Crippen LogP contribution in [0.2, 0.25) is 0 Å². The Hall–Kier alpha value is -2.73. The number of carbonyl (C=O) groups is 1. The number of pyridine rings is 1. The minimum absolute atomic E-state index is 0.0612. The van der Waals surface area contributed by atoms with E-state index in [2.05, 4.69) is 14.5 Å². The zero-order valence-corrected chi connectivity index (χ0v) is 16.0. The lowest BCUT2D eigenvalue weighted by molar-refractivity contribution is 0.0747. The van der Waals surface area contributed by atoms with Crippen LogP contribution >= 0.6 is 0 Å². The maximum atomic E-state index is 13.4. The molecule has 2 aliphatic rings. The molecule has 144 valence electrons. The van der Waals surface area contributed by atoms with E-state index >= 15 is 0 Å². The zero-order chi connectivity index (χ0) is 18.9. The highest BCUT2D eigenvalue weighted by Gasteiger charge is 2.25. The predicted octanol–water partition coefficient (Wildman–Crippen LogP) is 3.07. The monoisotopic (exact) mass is 375 g/mol. The van der Waals surface area contributed by atoms with Crippen LogP contribution in [0.1, 0.15) is 41.0 Å². The smallest absolute Gasteiger partial charge is 0.256 e. The number of aryl methyl sites for hydroxylation is 1. The van der Waals surface area contributed by atoms with Crippen LogP contribution in [0.15, 0.2) is 42.9 Å². The van der Waals surface area contributed by atoms with Gasteiger partial charge in [0, 0.05) is 31.2 Å². The molecule has 3 aromatic rings. The van der Waals surface area contributed by atoms with Crippen LogP contribution in [0.25, 0.3) is 10.9 Å². The first-order valence-electron chi connectivity index (χ1n) is 10.2. The Morgan fingerprint density at radius 3 is 2.71 bits per heavy atom. The molecule has 0 aliphatic carbocycles. The van der Waals surface area contributed by atoms with E-state index < -0.39 is 0 Å². The number of para-hydroxylation sites is 1. The van der Waals surface area contributed by atoms with Crippen molar-refractivity contribution >= 4 is 16.8 Å². The second-order valence-corrected chi connectivity index (χ2v) is 7.78. The van der Waals surface area contributed by atoms with Gasteiger partial charge in [0.2, 0.25) is 0 Å². The number of hydrogen-bond acceptors (Lipinski definition) is 4. The molecule has 2 aromatic heterocycles. The lowest BCUT2D eigenvalue weighted by Crippen LogP contribution is -2.31. The minimum atomic E-state index is 0.0612. The predicted molar refractivity (Wildman–Crippen MR) is 108 cm³/mol. The van der Waals surface area contributed by atoms with E-state index in [1.807, 2.05) is 41.6 Å². The summed E-state index contributed by atoms with van der Waals surface area (Å²) in [4.78, 5) is 27.0. The molecule has 1 amide bonds. The molecule has 1 fully saturated rings. The molecule has 4 heterocycles. The highest BCUT2D eigenvalue weighted by molar-refractivity contribution is 6.05. The third-order valence-electron chi connectivity index (χ3n) is 5.92. The lowest BCUT2D eigenvalue weighted by Gasteiger charge is -2.22. The molecule has 0 N–H and O–H groups in total. The van der Waals surface area contributed by atoms with Crippen LogP contribution in [0.5, 0.6) is 0 Å². The van der Waals surface area contributed by atoms with Gasteiger partial charge in [-0.15, -0.1) is 0 Å². The summed E-state index contributed by atoms with van der Waals surface area (Å²) in [5.41, 5.74) is 3.78. The van der Waals surface area contributed by atoms with Gasteiger partial charge in [-0.05, 0) is 44.5 Å². The summed E-state index contributed by atoms with van der Waals surface area (Å²) in [6, 6.07) is 9.75. The molecule has 0 spiro atoms. The Morgan fingerprint density at radius 2 is 1.82 bits per heavy atom. The maximum absolute atomic E-state index is 13.4. The first kappa shape index (κ1) is 17.4. The van der Waals surface area contributed by atoms with Gasteiger partial charge in [-0.25, -0.2) is 4.98 Å². The second kappa shape index (κ2) is 7.36. The first-order valence-corrected chi connectivity index (χ1v) is 10.2. The molecule has 5 rings (SSSR count). The van der Waals surface area contributed by atoms with Crippen molar-refractivity contribution in [3.05, 3.63) is 59.8 Å². The van der Waals surface area contributed by atoms with Crippen molar-refractivity contribution in [3.8, 4) is 0 Å². The molecule has 0 saturated carbocycles. The van der Waals surface area contributed by atoms with Crippen LogP contribution in [0.4, 0.5) is 0 Å². The van der Waals surface area contributed by atoms with Gasteiger partial charge in [-0.1, -0.05) is 18.2 Å². The largest absolute Gasteiger partial charge is 0.333 e. The van der Waals surface area contributed by atoms with Crippen molar-refractivity contribution in [1.82, 2.24) is 24.3 Å². The molecule has 1 saturated heterocycles. The molecule has 2 aliphatic heterocycles. The number of amides is 1. The van der Waals surface area contributed by atoms with Gasteiger partial charge < -0.3 is 9.47 Å². The van der Waals surface area contributed by atoms with Crippen LogP contribution < -0.4 is 0 Å². The fourth-order valence-corrected chi connectivity index (χ4v) is 4.42. The van der Waals surface area contributed by atoms with Crippen LogP contribution in [-0.2, 0) is 19.6 Å². The number of aromatic nitrogens is 3. The molecule has 0 atom stereocenters. The molecule has 6 heteroatoms. The molecule has 0 radical (unpaired) electrons. The van der Waals surface area contributed by atoms with Crippen molar-refractivity contribution in [2.24, 2.45) is 0 Å². The van der Waals surface area contributed by atoms with Crippen molar-refractivity contribution in [3.63, 3.8) is 0 Å². The van der Waals surface area contributed by atoms with Crippen LogP contribution in [0.3, 0.4) is 0 Å². The molecule has 6 nitrogen and oxygen atoms in total. The minimum Gasteiger partial charge on any atom is -0.333 e. The number of likely N-dealkylation sites (tertiary alicyclic amines) is 1. The quantitative estimate of drug-likeness (QED) is 0.706. The fraction of sp³-hybridized carbons (Fsp3) is 0.409. The van der Waals surface area contributed by atoms with Gasteiger partial charge >= 0.3 is 0 Å². The number of rotatable bonds is 3. The van der Waals surface area contributed by atoms with E-state index in [1.165, 1.54) is 18.5 Å². The van der Waals surface area contributed by atoms with Gasteiger partial charge in [0.1, 0.15) is 0 Å². The number of nitrogens with zero attached hydrogens (tertiary/aromatic N) is 5. The van der Waals surface area contributed by atoms with Crippen molar-refractivity contribution in [2.75, 3.05) is 19.6 Å². The van der Waals surface area contributed by atoms with Gasteiger partial charge in [-0.3, -0.25) is 14.7 Å². The number of carbonyl (C=O) groups excluding carboxylic acids is 1. The number of hydrogen-bond donors (Lipinski definition) is 0. The first-order chi connectivity index (χ1) is 13.8. The van der Waals surface area contributed by atoms with E-state index in [-0.39, 0.29) is 5.91 Å². The van der Waals surface area contributed by atoms with Crippen molar-refractivity contribution < 1.29 is 4.79 Å². The highest BCUT2D eigenvalue weighted by Crippen LogP contribution is 2.23. The van der Waals surface area contributed by atoms with Crippen LogP contribution in [0, 0.1) is 0 Å². The van der Waals surface area contributed by atoms with E-state index in [0.29, 0.717) is 12.1 Å². The van der Waals surface area contributed by atoms with Gasteiger partial charge in [0.25, 0.3) is 5.91 Å². The van der Waals surface area contributed by atoms with E-state index in [9.17, 15) is 4.79 Å². The second-order valence-electron chi connectivity index (χ2n) is 7.78. The lowest BCUT2D eigenvalue weighted by atomic mass is 10.1. The summed E-state index contributed by atoms with van der Waals surface area (Å²) >= 11 is 0. The average molecular weight is 375 g/mol. The van der Waals surface area contributed by atoms with Crippen molar-refractivity contribution in [2.45, 2.75) is 38.9 Å². The zero-order valence-electron chi connectivity index (χ0n) is 16.0. The van der Waals surface area contributed by atoms with Gasteiger partial charge in [-0.2, -0.15) is 0 Å². The van der Waals surface area contributed by atoms with E-state index in [1.54, 1.807) is 6.20 Å². The number of fused-ring (bicyclic) bond motifs is 2. The summed E-state index contributed by atoms with van der Waals surface area (Å²) in [6.45, 7) is 5.48. The Kier molecular flexibility index (Phi) is 4.56. The Morgan fingerprint density at radius 1 is 0.964 bits per heavy atom. The third kappa shape index (κ3) is 3.18.